The molecule has 0 spiro atoms. The third kappa shape index (κ3) is 4.31. The van der Waals surface area contributed by atoms with Gasteiger partial charge in [0.05, 0.1) is 13.1 Å². The van der Waals surface area contributed by atoms with Crippen LogP contribution in [0.25, 0.3) is 0 Å². The summed E-state index contributed by atoms with van der Waals surface area (Å²) < 4.78 is 14.0. The maximum Gasteiger partial charge on any atom is 0.343 e. The average molecular weight is 336 g/mol. The number of aliphatic carboxylic acids is 1. The second-order valence-corrected chi connectivity index (χ2v) is 6.01. The topological polar surface area (TPSA) is 77.9 Å². The number of nitrogens with zero attached hydrogens (tertiary/aromatic N) is 2. The van der Waals surface area contributed by atoms with Crippen molar-refractivity contribution in [2.24, 2.45) is 0 Å². The first kappa shape index (κ1) is 17.9. The summed E-state index contributed by atoms with van der Waals surface area (Å²) in [5.74, 6) is -2.23. The molecule has 1 fully saturated rings. The van der Waals surface area contributed by atoms with Crippen LogP contribution < -0.4 is 0 Å². The van der Waals surface area contributed by atoms with E-state index in [1.807, 2.05) is 30.3 Å². The molecule has 0 aromatic heterocycles. The Hall–Kier alpha value is -2.44. The molecule has 130 valence electrons. The molecule has 0 saturated carbocycles. The van der Waals surface area contributed by atoms with E-state index in [1.165, 1.54) is 16.7 Å². The van der Waals surface area contributed by atoms with Gasteiger partial charge in [-0.25, -0.2) is 9.18 Å². The van der Waals surface area contributed by atoms with Gasteiger partial charge in [-0.1, -0.05) is 30.3 Å². The summed E-state index contributed by atoms with van der Waals surface area (Å²) in [5.41, 5.74) is -1.34. The lowest BCUT2D eigenvalue weighted by Crippen LogP contribution is -2.44. The maximum absolute atomic E-state index is 14.0. The van der Waals surface area contributed by atoms with Crippen LogP contribution in [0.5, 0.6) is 0 Å². The van der Waals surface area contributed by atoms with Crippen molar-refractivity contribution in [1.82, 2.24) is 9.80 Å². The molecule has 1 aliphatic rings. The molecule has 24 heavy (non-hydrogen) atoms. The first-order chi connectivity index (χ1) is 11.3. The van der Waals surface area contributed by atoms with Gasteiger partial charge in [-0.3, -0.25) is 9.59 Å². The number of amides is 2. The summed E-state index contributed by atoms with van der Waals surface area (Å²) in [7, 11) is 0. The Morgan fingerprint density at radius 2 is 1.96 bits per heavy atom. The highest BCUT2D eigenvalue weighted by molar-refractivity contribution is 5.86. The molecule has 7 heteroatoms. The van der Waals surface area contributed by atoms with Crippen LogP contribution in [0.4, 0.5) is 4.39 Å². The molecule has 1 unspecified atom stereocenters. The van der Waals surface area contributed by atoms with Gasteiger partial charge in [-0.05, 0) is 12.0 Å². The van der Waals surface area contributed by atoms with Crippen molar-refractivity contribution in [3.05, 3.63) is 35.9 Å². The molecule has 1 aromatic rings. The highest BCUT2D eigenvalue weighted by Gasteiger charge is 2.46. The molecule has 1 atom stereocenters. The van der Waals surface area contributed by atoms with Gasteiger partial charge in [0, 0.05) is 26.4 Å². The number of benzene rings is 1. The Bertz CT molecular complexity index is 622. The predicted octanol–water partition coefficient (Wildman–Crippen LogP) is 1.10. The van der Waals surface area contributed by atoms with Crippen molar-refractivity contribution in [2.75, 3.05) is 26.2 Å². The molecule has 1 aromatic carbocycles. The van der Waals surface area contributed by atoms with Crippen molar-refractivity contribution in [1.29, 1.82) is 0 Å². The number of carbonyl (C=O) groups excluding carboxylic acids is 2. The van der Waals surface area contributed by atoms with Crippen LogP contribution in [0.15, 0.2) is 30.3 Å². The number of halogens is 1. The van der Waals surface area contributed by atoms with E-state index in [4.69, 9.17) is 5.11 Å². The van der Waals surface area contributed by atoms with Gasteiger partial charge in [0.25, 0.3) is 0 Å². The lowest BCUT2D eigenvalue weighted by atomic mass is 10.1. The minimum atomic E-state index is -2.39. The molecule has 2 amide bonds. The number of carboxylic acid groups (broad SMARTS) is 1. The van der Waals surface area contributed by atoms with E-state index in [0.717, 1.165) is 5.56 Å². The standard InChI is InChI=1S/C17H21FN2O4/c1-13(21)19(9-7-14-5-3-2-4-6-14)11-15(22)20-10-8-17(18,12-20)16(23)24/h2-6H,7-12H2,1H3,(H,23,24). The number of rotatable bonds is 6. The van der Waals surface area contributed by atoms with Crippen LogP contribution in [0.3, 0.4) is 0 Å². The number of likely N-dealkylation sites (tertiary alicyclic amines) is 1. The maximum atomic E-state index is 14.0. The monoisotopic (exact) mass is 336 g/mol. The Kier molecular flexibility index (Phi) is 5.54. The smallest absolute Gasteiger partial charge is 0.343 e. The van der Waals surface area contributed by atoms with Crippen LogP contribution in [0.1, 0.15) is 18.9 Å². The zero-order valence-electron chi connectivity index (χ0n) is 13.6. The van der Waals surface area contributed by atoms with Gasteiger partial charge >= 0.3 is 5.97 Å². The second kappa shape index (κ2) is 7.42. The number of hydrogen-bond acceptors (Lipinski definition) is 3. The van der Waals surface area contributed by atoms with Gasteiger partial charge in [0.2, 0.25) is 17.5 Å². The average Bonchev–Trinajstić information content (AvgIpc) is 2.96. The Morgan fingerprint density at radius 3 is 2.50 bits per heavy atom. The van der Waals surface area contributed by atoms with E-state index in [0.29, 0.717) is 13.0 Å². The van der Waals surface area contributed by atoms with Crippen molar-refractivity contribution < 1.29 is 23.9 Å². The van der Waals surface area contributed by atoms with E-state index in [9.17, 15) is 18.8 Å². The fourth-order valence-electron chi connectivity index (χ4n) is 2.68. The molecule has 1 aliphatic heterocycles. The number of alkyl halides is 1. The summed E-state index contributed by atoms with van der Waals surface area (Å²) in [6.07, 6.45) is 0.383. The summed E-state index contributed by atoms with van der Waals surface area (Å²) in [5, 5.41) is 8.87. The molecule has 1 heterocycles. The van der Waals surface area contributed by atoms with E-state index in [2.05, 4.69) is 0 Å². The molecule has 0 aliphatic carbocycles. The van der Waals surface area contributed by atoms with Gasteiger partial charge in [-0.15, -0.1) is 0 Å². The molecule has 1 N–H and O–H groups in total. The van der Waals surface area contributed by atoms with Gasteiger partial charge in [-0.2, -0.15) is 0 Å². The lowest BCUT2D eigenvalue weighted by Gasteiger charge is -2.24. The second-order valence-electron chi connectivity index (χ2n) is 6.01. The van der Waals surface area contributed by atoms with E-state index in [1.54, 1.807) is 0 Å². The van der Waals surface area contributed by atoms with Crippen LogP contribution in [-0.2, 0) is 20.8 Å². The molecule has 1 saturated heterocycles. The van der Waals surface area contributed by atoms with E-state index < -0.39 is 24.1 Å². The van der Waals surface area contributed by atoms with Crippen molar-refractivity contribution >= 4 is 17.8 Å². The minimum absolute atomic E-state index is 0.0477. The van der Waals surface area contributed by atoms with Gasteiger partial charge in [0.1, 0.15) is 0 Å². The van der Waals surface area contributed by atoms with Crippen LogP contribution in [-0.4, -0.2) is 64.5 Å². The van der Waals surface area contributed by atoms with E-state index >= 15 is 0 Å². The predicted molar refractivity (Wildman–Crippen MR) is 85.1 cm³/mol. The van der Waals surface area contributed by atoms with Gasteiger partial charge in [0.15, 0.2) is 0 Å². The number of carboxylic acids is 1. The highest BCUT2D eigenvalue weighted by atomic mass is 19.1. The highest BCUT2D eigenvalue weighted by Crippen LogP contribution is 2.26. The quantitative estimate of drug-likeness (QED) is 0.844. The van der Waals surface area contributed by atoms with E-state index in [-0.39, 0.29) is 25.4 Å². The normalized spacial score (nSPS) is 20.0. The van der Waals surface area contributed by atoms with Crippen molar-refractivity contribution in [3.63, 3.8) is 0 Å². The molecule has 0 bridgehead atoms. The lowest BCUT2D eigenvalue weighted by molar-refractivity contribution is -0.150. The Labute approximate surface area is 139 Å². The zero-order valence-corrected chi connectivity index (χ0v) is 13.6. The third-order valence-corrected chi connectivity index (χ3v) is 4.24. The van der Waals surface area contributed by atoms with Crippen molar-refractivity contribution in [2.45, 2.75) is 25.4 Å². The van der Waals surface area contributed by atoms with Crippen molar-refractivity contribution in [3.8, 4) is 0 Å². The number of hydrogen-bond donors (Lipinski definition) is 1. The SMILES string of the molecule is CC(=O)N(CCc1ccccc1)CC(=O)N1CCC(F)(C(=O)O)C1. The molecule has 6 nitrogen and oxygen atoms in total. The summed E-state index contributed by atoms with van der Waals surface area (Å²) in [6.45, 7) is 1.16. The molecule has 2 rings (SSSR count). The molecular weight excluding hydrogens is 315 g/mol. The fraction of sp³-hybridized carbons (Fsp3) is 0.471. The minimum Gasteiger partial charge on any atom is -0.479 e. The fourth-order valence-corrected chi connectivity index (χ4v) is 2.68. The van der Waals surface area contributed by atoms with Crippen LogP contribution >= 0.6 is 0 Å². The zero-order chi connectivity index (χ0) is 17.7. The van der Waals surface area contributed by atoms with Crippen LogP contribution in [0.2, 0.25) is 0 Å². The first-order valence-electron chi connectivity index (χ1n) is 7.81. The summed E-state index contributed by atoms with van der Waals surface area (Å²) >= 11 is 0. The Balaban J connectivity index is 1.92. The molecule has 0 radical (unpaired) electrons. The first-order valence-corrected chi connectivity index (χ1v) is 7.81. The summed E-state index contributed by atoms with van der Waals surface area (Å²) in [4.78, 5) is 37.5. The van der Waals surface area contributed by atoms with Crippen LogP contribution in [0, 0.1) is 0 Å². The molecular formula is C17H21FN2O4. The third-order valence-electron chi connectivity index (χ3n) is 4.24. The Morgan fingerprint density at radius 1 is 1.29 bits per heavy atom. The summed E-state index contributed by atoms with van der Waals surface area (Å²) in [6, 6.07) is 9.57. The number of carbonyl (C=O) groups is 3. The van der Waals surface area contributed by atoms with Gasteiger partial charge < -0.3 is 14.9 Å². The largest absolute Gasteiger partial charge is 0.479 e.